The van der Waals surface area contributed by atoms with Crippen molar-refractivity contribution in [3.05, 3.63) is 48.5 Å². The minimum atomic E-state index is 0.137. The lowest BCUT2D eigenvalue weighted by Crippen LogP contribution is -2.49. The van der Waals surface area contributed by atoms with Gasteiger partial charge in [-0.3, -0.25) is 8.37 Å². The van der Waals surface area contributed by atoms with Gasteiger partial charge in [0.2, 0.25) is 0 Å². The molecular formula is C18H17NO2S2. The van der Waals surface area contributed by atoms with Crippen LogP contribution in [0.4, 0.5) is 11.4 Å². The van der Waals surface area contributed by atoms with Crippen molar-refractivity contribution < 1.29 is 8.37 Å². The minimum absolute atomic E-state index is 0.137. The van der Waals surface area contributed by atoms with E-state index in [0.29, 0.717) is 6.04 Å². The number of rotatable bonds is 1. The average Bonchev–Trinajstić information content (AvgIpc) is 3.08. The number of para-hydroxylation sites is 2. The molecule has 1 saturated carbocycles. The molecule has 0 spiro atoms. The third-order valence-corrected chi connectivity index (χ3v) is 6.61. The largest absolute Gasteiger partial charge is 0.334 e. The highest BCUT2D eigenvalue weighted by molar-refractivity contribution is 7.99. The Hall–Kier alpha value is -1.14. The number of nitrogens with zero attached hydrogens (tertiary/aromatic N) is 1. The molecule has 23 heavy (non-hydrogen) atoms. The van der Waals surface area contributed by atoms with Crippen LogP contribution in [-0.2, 0) is 8.37 Å². The molecule has 3 atom stereocenters. The van der Waals surface area contributed by atoms with Gasteiger partial charge in [-0.1, -0.05) is 36.0 Å². The summed E-state index contributed by atoms with van der Waals surface area (Å²) >= 11 is 3.03. The Kier molecular flexibility index (Phi) is 3.55. The fourth-order valence-electron chi connectivity index (χ4n) is 3.82. The summed E-state index contributed by atoms with van der Waals surface area (Å²) in [5.41, 5.74) is 2.59. The van der Waals surface area contributed by atoms with Crippen LogP contribution in [0.15, 0.2) is 58.3 Å². The summed E-state index contributed by atoms with van der Waals surface area (Å²) in [6, 6.07) is 17.7. The fraction of sp³-hybridized carbons (Fsp3) is 0.333. The van der Waals surface area contributed by atoms with E-state index in [-0.39, 0.29) is 12.2 Å². The zero-order valence-corrected chi connectivity index (χ0v) is 14.2. The van der Waals surface area contributed by atoms with Crippen LogP contribution >= 0.6 is 24.1 Å². The van der Waals surface area contributed by atoms with E-state index in [9.17, 15) is 0 Å². The van der Waals surface area contributed by atoms with Gasteiger partial charge in [-0.15, -0.1) is 0 Å². The molecule has 2 fully saturated rings. The highest BCUT2D eigenvalue weighted by Crippen LogP contribution is 2.51. The lowest BCUT2D eigenvalue weighted by molar-refractivity contribution is 0.0917. The van der Waals surface area contributed by atoms with Gasteiger partial charge in [0, 0.05) is 9.79 Å². The molecule has 5 heteroatoms. The van der Waals surface area contributed by atoms with E-state index in [0.717, 1.165) is 12.8 Å². The standard InChI is InChI=1S/C18H17NO2S2/c1-3-10-16-12(6-1)19(13-7-2-4-11-17(13)22-16)14-8-5-9-15-18(14)21-23-20-15/h1-4,6-7,10-11,14-15,18H,5,8-9H2/t14-,15-,18+/m0/s1. The van der Waals surface area contributed by atoms with Gasteiger partial charge in [0.15, 0.2) is 12.3 Å². The summed E-state index contributed by atoms with van der Waals surface area (Å²) < 4.78 is 11.6. The molecule has 3 aliphatic rings. The Morgan fingerprint density at radius 1 is 0.870 bits per heavy atom. The second-order valence-corrected chi connectivity index (χ2v) is 7.77. The van der Waals surface area contributed by atoms with Crippen molar-refractivity contribution in [2.75, 3.05) is 4.90 Å². The summed E-state index contributed by atoms with van der Waals surface area (Å²) in [7, 11) is 0. The second kappa shape index (κ2) is 5.74. The quantitative estimate of drug-likeness (QED) is 0.663. The molecule has 2 heterocycles. The predicted molar refractivity (Wildman–Crippen MR) is 94.1 cm³/mol. The van der Waals surface area contributed by atoms with Crippen LogP contribution in [0.2, 0.25) is 0 Å². The molecule has 2 aromatic rings. The smallest absolute Gasteiger partial charge is 0.159 e. The summed E-state index contributed by atoms with van der Waals surface area (Å²) in [6.07, 6.45) is 3.77. The molecule has 0 N–H and O–H groups in total. The maximum absolute atomic E-state index is 5.90. The van der Waals surface area contributed by atoms with Gasteiger partial charge < -0.3 is 4.90 Å². The zero-order chi connectivity index (χ0) is 15.2. The van der Waals surface area contributed by atoms with Crippen LogP contribution in [0, 0.1) is 0 Å². The van der Waals surface area contributed by atoms with E-state index >= 15 is 0 Å². The number of benzene rings is 2. The predicted octanol–water partition coefficient (Wildman–Crippen LogP) is 5.19. The first-order valence-corrected chi connectivity index (χ1v) is 9.54. The maximum atomic E-state index is 5.90. The molecule has 0 unspecified atom stereocenters. The Labute approximate surface area is 144 Å². The van der Waals surface area contributed by atoms with Crippen molar-refractivity contribution in [2.45, 2.75) is 47.3 Å². The molecule has 118 valence electrons. The summed E-state index contributed by atoms with van der Waals surface area (Å²) in [4.78, 5) is 5.13. The van der Waals surface area contributed by atoms with Crippen LogP contribution in [0.5, 0.6) is 0 Å². The van der Waals surface area contributed by atoms with Crippen molar-refractivity contribution in [3.63, 3.8) is 0 Å². The molecular weight excluding hydrogens is 326 g/mol. The number of hydrogen-bond acceptors (Lipinski definition) is 5. The van der Waals surface area contributed by atoms with E-state index in [4.69, 9.17) is 8.37 Å². The normalized spacial score (nSPS) is 28.9. The van der Waals surface area contributed by atoms with Crippen molar-refractivity contribution >= 4 is 35.5 Å². The topological polar surface area (TPSA) is 21.7 Å². The molecule has 3 nitrogen and oxygen atoms in total. The third kappa shape index (κ3) is 2.30. The first kappa shape index (κ1) is 14.2. The van der Waals surface area contributed by atoms with Gasteiger partial charge in [-0.2, -0.15) is 0 Å². The highest BCUT2D eigenvalue weighted by atomic mass is 32.2. The Balaban J connectivity index is 1.64. The van der Waals surface area contributed by atoms with Crippen LogP contribution in [-0.4, -0.2) is 18.2 Å². The van der Waals surface area contributed by atoms with Crippen molar-refractivity contribution in [1.29, 1.82) is 0 Å². The second-order valence-electron chi connectivity index (χ2n) is 6.17. The van der Waals surface area contributed by atoms with Crippen molar-refractivity contribution in [3.8, 4) is 0 Å². The average molecular weight is 343 g/mol. The lowest BCUT2D eigenvalue weighted by atomic mass is 9.88. The molecule has 2 aromatic carbocycles. The molecule has 0 aromatic heterocycles. The molecule has 1 saturated heterocycles. The Bertz CT molecular complexity index is 693. The van der Waals surface area contributed by atoms with Gasteiger partial charge in [-0.25, -0.2) is 0 Å². The van der Waals surface area contributed by atoms with Crippen LogP contribution < -0.4 is 4.90 Å². The summed E-state index contributed by atoms with van der Waals surface area (Å²) in [5.74, 6) is 0. The first-order valence-electron chi connectivity index (χ1n) is 8.06. The summed E-state index contributed by atoms with van der Waals surface area (Å²) in [5, 5.41) is 0. The monoisotopic (exact) mass is 343 g/mol. The molecule has 2 aliphatic heterocycles. The van der Waals surface area contributed by atoms with Gasteiger partial charge in [-0.05, 0) is 43.5 Å². The number of hydrogen-bond donors (Lipinski definition) is 0. The van der Waals surface area contributed by atoms with E-state index < -0.39 is 0 Å². The maximum Gasteiger partial charge on any atom is 0.159 e. The van der Waals surface area contributed by atoms with Crippen LogP contribution in [0.3, 0.4) is 0 Å². The number of fused-ring (bicyclic) bond motifs is 3. The Morgan fingerprint density at radius 3 is 2.30 bits per heavy atom. The number of anilines is 2. The zero-order valence-electron chi connectivity index (χ0n) is 12.6. The van der Waals surface area contributed by atoms with Gasteiger partial charge in [0.05, 0.1) is 17.4 Å². The van der Waals surface area contributed by atoms with Crippen molar-refractivity contribution in [1.82, 2.24) is 0 Å². The fourth-order valence-corrected chi connectivity index (χ4v) is 5.59. The van der Waals surface area contributed by atoms with E-state index in [1.165, 1.54) is 39.9 Å². The molecule has 5 rings (SSSR count). The van der Waals surface area contributed by atoms with Crippen LogP contribution in [0.1, 0.15) is 19.3 Å². The van der Waals surface area contributed by atoms with Gasteiger partial charge >= 0.3 is 0 Å². The molecule has 0 bridgehead atoms. The molecule has 0 amide bonds. The highest BCUT2D eigenvalue weighted by Gasteiger charge is 2.45. The van der Waals surface area contributed by atoms with Crippen LogP contribution in [0.25, 0.3) is 0 Å². The molecule has 1 aliphatic carbocycles. The summed E-state index contributed by atoms with van der Waals surface area (Å²) in [6.45, 7) is 0. The lowest BCUT2D eigenvalue weighted by Gasteiger charge is -2.43. The minimum Gasteiger partial charge on any atom is -0.334 e. The SMILES string of the molecule is c1ccc2c(c1)Sc1ccccc1N2[C@H]1CCC[C@@H]2OSO[C@@H]21. The Morgan fingerprint density at radius 2 is 1.57 bits per heavy atom. The van der Waals surface area contributed by atoms with Gasteiger partial charge in [0.1, 0.15) is 12.2 Å². The van der Waals surface area contributed by atoms with E-state index in [1.54, 1.807) is 0 Å². The first-order chi connectivity index (χ1) is 11.4. The van der Waals surface area contributed by atoms with Gasteiger partial charge in [0.25, 0.3) is 0 Å². The van der Waals surface area contributed by atoms with E-state index in [1.807, 2.05) is 11.8 Å². The van der Waals surface area contributed by atoms with E-state index in [2.05, 4.69) is 53.4 Å². The van der Waals surface area contributed by atoms with Crippen molar-refractivity contribution in [2.24, 2.45) is 0 Å². The molecule has 0 radical (unpaired) electrons. The third-order valence-electron chi connectivity index (χ3n) is 4.85.